The number of aliphatic imine (C=N–C) groups is 1. The van der Waals surface area contributed by atoms with E-state index < -0.39 is 9.84 Å². The zero-order valence-corrected chi connectivity index (χ0v) is 18.9. The molecule has 0 amide bonds. The van der Waals surface area contributed by atoms with Crippen LogP contribution in [-0.2, 0) is 15.6 Å². The fourth-order valence-electron chi connectivity index (χ4n) is 3.13. The van der Waals surface area contributed by atoms with Crippen LogP contribution in [0, 0.1) is 0 Å². The van der Waals surface area contributed by atoms with Crippen molar-refractivity contribution in [3.05, 3.63) is 35.9 Å². The minimum Gasteiger partial charge on any atom is -0.357 e. The van der Waals surface area contributed by atoms with Gasteiger partial charge in [0.1, 0.15) is 0 Å². The van der Waals surface area contributed by atoms with Crippen molar-refractivity contribution in [3.63, 3.8) is 0 Å². The number of sulfone groups is 1. The van der Waals surface area contributed by atoms with Crippen LogP contribution in [0.3, 0.4) is 0 Å². The summed E-state index contributed by atoms with van der Waals surface area (Å²) in [6.45, 7) is 13.8. The monoisotopic (exact) mass is 410 g/mol. The predicted octanol–water partition coefficient (Wildman–Crippen LogP) is 2.67. The van der Waals surface area contributed by atoms with Crippen molar-refractivity contribution in [1.82, 2.24) is 15.5 Å². The molecule has 1 aromatic rings. The zero-order chi connectivity index (χ0) is 21.0. The molecule has 1 rings (SSSR count). The van der Waals surface area contributed by atoms with Crippen LogP contribution >= 0.6 is 0 Å². The normalized spacial score (nSPS) is 12.8. The second kappa shape index (κ2) is 12.8. The van der Waals surface area contributed by atoms with Crippen LogP contribution in [0.15, 0.2) is 35.3 Å². The van der Waals surface area contributed by atoms with Crippen molar-refractivity contribution in [3.8, 4) is 0 Å². The van der Waals surface area contributed by atoms with Crippen LogP contribution in [0.25, 0.3) is 0 Å². The fourth-order valence-corrected chi connectivity index (χ4v) is 4.55. The Labute approximate surface area is 171 Å². The first kappa shape index (κ1) is 24.4. The molecule has 6 nitrogen and oxygen atoms in total. The first-order chi connectivity index (χ1) is 13.2. The van der Waals surface area contributed by atoms with Crippen LogP contribution in [0.2, 0.25) is 0 Å². The van der Waals surface area contributed by atoms with Crippen LogP contribution in [-0.4, -0.2) is 63.3 Å². The van der Waals surface area contributed by atoms with E-state index in [4.69, 9.17) is 0 Å². The van der Waals surface area contributed by atoms with Crippen molar-refractivity contribution >= 4 is 15.8 Å². The molecule has 0 aliphatic carbocycles. The smallest absolute Gasteiger partial charge is 0.191 e. The van der Waals surface area contributed by atoms with Gasteiger partial charge in [-0.05, 0) is 46.6 Å². The quantitative estimate of drug-likeness (QED) is 0.315. The Morgan fingerprint density at radius 1 is 1.07 bits per heavy atom. The summed E-state index contributed by atoms with van der Waals surface area (Å²) in [5, 5.41) is 6.57. The van der Waals surface area contributed by atoms with Gasteiger partial charge in [-0.25, -0.2) is 8.42 Å². The Morgan fingerprint density at radius 3 is 2.29 bits per heavy atom. The molecule has 1 aromatic carbocycles. The molecule has 0 heterocycles. The van der Waals surface area contributed by atoms with Gasteiger partial charge in [0, 0.05) is 38.3 Å². The number of nitrogens with zero attached hydrogens (tertiary/aromatic N) is 2. The fraction of sp³-hybridized carbons (Fsp3) is 0.667. The highest BCUT2D eigenvalue weighted by Gasteiger charge is 2.13. The first-order valence-corrected chi connectivity index (χ1v) is 12.1. The highest BCUT2D eigenvalue weighted by Crippen LogP contribution is 2.07. The average molecular weight is 411 g/mol. The summed E-state index contributed by atoms with van der Waals surface area (Å²) in [6.07, 6.45) is 0.524. The van der Waals surface area contributed by atoms with Gasteiger partial charge < -0.3 is 10.6 Å². The molecular weight excluding hydrogens is 372 g/mol. The molecule has 2 N–H and O–H groups in total. The highest BCUT2D eigenvalue weighted by molar-refractivity contribution is 7.90. The summed E-state index contributed by atoms with van der Waals surface area (Å²) in [7, 11) is -3.11. The van der Waals surface area contributed by atoms with Crippen LogP contribution in [0.1, 0.15) is 46.6 Å². The van der Waals surface area contributed by atoms with Crippen LogP contribution in [0.5, 0.6) is 0 Å². The van der Waals surface area contributed by atoms with Crippen molar-refractivity contribution in [2.24, 2.45) is 4.99 Å². The van der Waals surface area contributed by atoms with Gasteiger partial charge in [0.15, 0.2) is 15.8 Å². The van der Waals surface area contributed by atoms with Gasteiger partial charge in [-0.3, -0.25) is 9.89 Å². The first-order valence-electron chi connectivity index (χ1n) is 10.3. The third kappa shape index (κ3) is 10.1. The maximum Gasteiger partial charge on any atom is 0.191 e. The number of hydrogen-bond donors (Lipinski definition) is 2. The van der Waals surface area contributed by atoms with E-state index in [9.17, 15) is 8.42 Å². The molecular formula is C21H38N4O2S. The van der Waals surface area contributed by atoms with Gasteiger partial charge in [0.25, 0.3) is 0 Å². The minimum absolute atomic E-state index is 0.0934. The topological polar surface area (TPSA) is 73.8 Å². The maximum absolute atomic E-state index is 12.3. The zero-order valence-electron chi connectivity index (χ0n) is 18.1. The minimum atomic E-state index is -3.11. The second-order valence-electron chi connectivity index (χ2n) is 7.54. The lowest BCUT2D eigenvalue weighted by Gasteiger charge is -2.30. The number of hydrogen-bond acceptors (Lipinski definition) is 4. The molecule has 0 aliphatic heterocycles. The molecule has 28 heavy (non-hydrogen) atoms. The largest absolute Gasteiger partial charge is 0.357 e. The van der Waals surface area contributed by atoms with Gasteiger partial charge in [0.05, 0.1) is 11.5 Å². The summed E-state index contributed by atoms with van der Waals surface area (Å²) in [4.78, 5) is 6.94. The van der Waals surface area contributed by atoms with E-state index in [1.165, 1.54) is 0 Å². The summed E-state index contributed by atoms with van der Waals surface area (Å²) < 4.78 is 24.5. The lowest BCUT2D eigenvalue weighted by Crippen LogP contribution is -2.45. The third-order valence-corrected chi connectivity index (χ3v) is 6.13. The molecule has 0 fully saturated rings. The predicted molar refractivity (Wildman–Crippen MR) is 120 cm³/mol. The van der Waals surface area contributed by atoms with Gasteiger partial charge in [-0.15, -0.1) is 0 Å². The SMILES string of the molecule is CCNC(=NCCCS(=O)(=O)Cc1ccccc1)NCCN(C(C)C)C(C)C. The van der Waals surface area contributed by atoms with Gasteiger partial charge >= 0.3 is 0 Å². The lowest BCUT2D eigenvalue weighted by molar-refractivity contribution is 0.178. The van der Waals surface area contributed by atoms with Crippen molar-refractivity contribution in [1.29, 1.82) is 0 Å². The van der Waals surface area contributed by atoms with E-state index >= 15 is 0 Å². The maximum atomic E-state index is 12.3. The van der Waals surface area contributed by atoms with Gasteiger partial charge in [-0.2, -0.15) is 0 Å². The number of benzene rings is 1. The van der Waals surface area contributed by atoms with Crippen molar-refractivity contribution in [2.75, 3.05) is 31.9 Å². The van der Waals surface area contributed by atoms with Crippen LogP contribution in [0.4, 0.5) is 0 Å². The summed E-state index contributed by atoms with van der Waals surface area (Å²) in [6, 6.07) is 10.3. The molecule has 160 valence electrons. The molecule has 0 saturated heterocycles. The molecule has 0 unspecified atom stereocenters. The molecule has 0 aromatic heterocycles. The molecule has 0 atom stereocenters. The van der Waals surface area contributed by atoms with E-state index in [1.54, 1.807) is 0 Å². The molecule has 7 heteroatoms. The van der Waals surface area contributed by atoms with E-state index in [0.29, 0.717) is 25.0 Å². The van der Waals surface area contributed by atoms with Gasteiger partial charge in [-0.1, -0.05) is 30.3 Å². The molecule has 0 radical (unpaired) electrons. The molecule has 0 spiro atoms. The standard InChI is InChI=1S/C21H38N4O2S/c1-6-22-21(24-14-15-25(18(2)3)19(4)5)23-13-10-16-28(26,27)17-20-11-8-7-9-12-20/h7-9,11-12,18-19H,6,10,13-17H2,1-5H3,(H2,22,23,24). The van der Waals surface area contributed by atoms with Crippen molar-refractivity contribution in [2.45, 2.75) is 58.9 Å². The molecule has 0 saturated carbocycles. The number of guanidine groups is 1. The lowest BCUT2D eigenvalue weighted by atomic mass is 10.2. The molecule has 0 aliphatic rings. The van der Waals surface area contributed by atoms with E-state index in [-0.39, 0.29) is 11.5 Å². The second-order valence-corrected chi connectivity index (χ2v) is 9.73. The Bertz CT molecular complexity index is 665. The van der Waals surface area contributed by atoms with Gasteiger partial charge in [0.2, 0.25) is 0 Å². The number of rotatable bonds is 12. The van der Waals surface area contributed by atoms with Crippen LogP contribution < -0.4 is 10.6 Å². The Balaban J connectivity index is 2.45. The third-order valence-electron chi connectivity index (χ3n) is 4.45. The van der Waals surface area contributed by atoms with E-state index in [2.05, 4.69) is 48.2 Å². The highest BCUT2D eigenvalue weighted by atomic mass is 32.2. The molecule has 0 bridgehead atoms. The summed E-state index contributed by atoms with van der Waals surface area (Å²) >= 11 is 0. The Kier molecular flexibility index (Phi) is 11.2. The van der Waals surface area contributed by atoms with Crippen molar-refractivity contribution < 1.29 is 8.42 Å². The Hall–Kier alpha value is -1.60. The van der Waals surface area contributed by atoms with E-state index in [0.717, 1.165) is 31.2 Å². The summed E-state index contributed by atoms with van der Waals surface area (Å²) in [5.41, 5.74) is 0.834. The average Bonchev–Trinajstić information content (AvgIpc) is 2.62. The number of nitrogens with one attached hydrogen (secondary N) is 2. The summed E-state index contributed by atoms with van der Waals surface area (Å²) in [5.74, 6) is 0.991. The van der Waals surface area contributed by atoms with E-state index in [1.807, 2.05) is 37.3 Å². The Morgan fingerprint density at radius 2 is 1.71 bits per heavy atom.